The van der Waals surface area contributed by atoms with Gasteiger partial charge in [-0.25, -0.2) is 4.79 Å². The fourth-order valence-electron chi connectivity index (χ4n) is 3.71. The maximum absolute atomic E-state index is 13.0. The number of nitrogens with one attached hydrogen (secondary N) is 2. The highest BCUT2D eigenvalue weighted by atomic mass is 32.2. The summed E-state index contributed by atoms with van der Waals surface area (Å²) in [6, 6.07) is 13.2. The van der Waals surface area contributed by atoms with Crippen molar-refractivity contribution in [3.63, 3.8) is 0 Å². The molecule has 3 aromatic rings. The lowest BCUT2D eigenvalue weighted by Crippen LogP contribution is -2.31. The van der Waals surface area contributed by atoms with Crippen LogP contribution in [-0.2, 0) is 16.1 Å². The first-order valence-corrected chi connectivity index (χ1v) is 14.8. The molecular formula is C27H33N5O5S2. The number of amides is 2. The van der Waals surface area contributed by atoms with Gasteiger partial charge in [0.25, 0.3) is 5.91 Å². The second kappa shape index (κ2) is 15.2. The van der Waals surface area contributed by atoms with Crippen molar-refractivity contribution < 1.29 is 23.9 Å². The van der Waals surface area contributed by atoms with Crippen LogP contribution in [0, 0.1) is 0 Å². The molecule has 39 heavy (non-hydrogen) atoms. The van der Waals surface area contributed by atoms with Gasteiger partial charge in [-0.3, -0.25) is 9.59 Å². The molecule has 1 heterocycles. The molecule has 0 aliphatic heterocycles. The molecule has 0 fully saturated rings. The van der Waals surface area contributed by atoms with Crippen molar-refractivity contribution in [2.45, 2.75) is 38.0 Å². The molecule has 2 N–H and O–H groups in total. The normalized spacial score (nSPS) is 11.5. The van der Waals surface area contributed by atoms with Crippen LogP contribution in [0.25, 0.3) is 0 Å². The lowest BCUT2D eigenvalue weighted by Gasteiger charge is -2.19. The number of anilines is 1. The SMILES string of the molecule is CCOC(=O)c1cccc(NC(=O)CSc2nnc([C@H](CCSC)NC(=O)c3ccc(OC)cc3)n2CC)c1. The fraction of sp³-hybridized carbons (Fsp3) is 0.370. The first-order valence-electron chi connectivity index (χ1n) is 12.5. The van der Waals surface area contributed by atoms with Crippen LogP contribution in [0.5, 0.6) is 5.75 Å². The summed E-state index contributed by atoms with van der Waals surface area (Å²) >= 11 is 2.93. The number of thioether (sulfide) groups is 2. The van der Waals surface area contributed by atoms with E-state index in [0.717, 1.165) is 5.75 Å². The lowest BCUT2D eigenvalue weighted by atomic mass is 10.1. The van der Waals surface area contributed by atoms with Crippen molar-refractivity contribution in [3.8, 4) is 5.75 Å². The van der Waals surface area contributed by atoms with Gasteiger partial charge in [0.05, 0.1) is 31.1 Å². The average molecular weight is 572 g/mol. The van der Waals surface area contributed by atoms with Gasteiger partial charge in [0.1, 0.15) is 5.75 Å². The predicted molar refractivity (Wildman–Crippen MR) is 154 cm³/mol. The van der Waals surface area contributed by atoms with Crippen LogP contribution in [0.3, 0.4) is 0 Å². The summed E-state index contributed by atoms with van der Waals surface area (Å²) in [7, 11) is 1.58. The summed E-state index contributed by atoms with van der Waals surface area (Å²) in [6.07, 6.45) is 2.68. The van der Waals surface area contributed by atoms with E-state index in [1.165, 1.54) is 11.8 Å². The number of hydrogen-bond donors (Lipinski definition) is 2. The van der Waals surface area contributed by atoms with E-state index in [9.17, 15) is 14.4 Å². The van der Waals surface area contributed by atoms with E-state index >= 15 is 0 Å². The molecule has 0 unspecified atom stereocenters. The molecule has 0 saturated heterocycles. The summed E-state index contributed by atoms with van der Waals surface area (Å²) in [5, 5.41) is 15.2. The second-order valence-corrected chi connectivity index (χ2v) is 10.2. The molecule has 0 aliphatic rings. The van der Waals surface area contributed by atoms with Crippen LogP contribution in [0.1, 0.15) is 52.9 Å². The summed E-state index contributed by atoms with van der Waals surface area (Å²) in [6.45, 7) is 4.55. The Balaban J connectivity index is 1.68. The third-order valence-corrected chi connectivity index (χ3v) is 7.24. The minimum Gasteiger partial charge on any atom is -0.497 e. The maximum Gasteiger partial charge on any atom is 0.338 e. The van der Waals surface area contributed by atoms with Gasteiger partial charge in [0.2, 0.25) is 5.91 Å². The average Bonchev–Trinajstić information content (AvgIpc) is 3.37. The van der Waals surface area contributed by atoms with Gasteiger partial charge in [-0.05, 0) is 74.7 Å². The molecule has 0 spiro atoms. The largest absolute Gasteiger partial charge is 0.497 e. The molecule has 2 amide bonds. The zero-order valence-electron chi connectivity index (χ0n) is 22.4. The van der Waals surface area contributed by atoms with Gasteiger partial charge in [-0.2, -0.15) is 11.8 Å². The van der Waals surface area contributed by atoms with Crippen molar-refractivity contribution in [2.24, 2.45) is 0 Å². The zero-order valence-corrected chi connectivity index (χ0v) is 24.1. The number of esters is 1. The van der Waals surface area contributed by atoms with Crippen molar-refractivity contribution in [1.82, 2.24) is 20.1 Å². The Bertz CT molecular complexity index is 1270. The predicted octanol–water partition coefficient (Wildman–Crippen LogP) is 4.44. The highest BCUT2D eigenvalue weighted by Gasteiger charge is 2.23. The molecule has 2 aromatic carbocycles. The van der Waals surface area contributed by atoms with Gasteiger partial charge >= 0.3 is 5.97 Å². The number of benzene rings is 2. The first kappa shape index (κ1) is 30.0. The van der Waals surface area contributed by atoms with Gasteiger partial charge in [-0.1, -0.05) is 17.8 Å². The van der Waals surface area contributed by atoms with E-state index < -0.39 is 5.97 Å². The van der Waals surface area contributed by atoms with E-state index in [1.54, 1.807) is 74.3 Å². The standard InChI is InChI=1S/C27H33N5O5S2/c1-5-32-24(22(14-15-38-4)29-25(34)18-10-12-21(36-3)13-11-18)30-31-27(32)39-17-23(33)28-20-9-7-8-19(16-20)26(35)37-6-2/h7-13,16,22H,5-6,14-15,17H2,1-4H3,(H,28,33)(H,29,34)/t22-/m0/s1. The van der Waals surface area contributed by atoms with E-state index in [0.29, 0.717) is 46.5 Å². The van der Waals surface area contributed by atoms with Crippen molar-refractivity contribution in [2.75, 3.05) is 36.8 Å². The number of ether oxygens (including phenoxy) is 2. The Morgan fingerprint density at radius 1 is 1.05 bits per heavy atom. The van der Waals surface area contributed by atoms with Gasteiger partial charge in [0.15, 0.2) is 11.0 Å². The Labute approximate surface area is 236 Å². The van der Waals surface area contributed by atoms with Crippen LogP contribution >= 0.6 is 23.5 Å². The Hall–Kier alpha value is -3.51. The topological polar surface area (TPSA) is 124 Å². The van der Waals surface area contributed by atoms with Gasteiger partial charge < -0.3 is 24.7 Å². The van der Waals surface area contributed by atoms with Crippen LogP contribution in [0.4, 0.5) is 5.69 Å². The van der Waals surface area contributed by atoms with E-state index in [-0.39, 0.29) is 30.2 Å². The van der Waals surface area contributed by atoms with Crippen molar-refractivity contribution in [3.05, 3.63) is 65.5 Å². The molecule has 12 heteroatoms. The number of hydrogen-bond acceptors (Lipinski definition) is 9. The maximum atomic E-state index is 13.0. The number of carbonyl (C=O) groups excluding carboxylic acids is 3. The minimum atomic E-state index is -0.443. The summed E-state index contributed by atoms with van der Waals surface area (Å²) in [5.74, 6) is 1.32. The summed E-state index contributed by atoms with van der Waals surface area (Å²) in [4.78, 5) is 37.6. The molecule has 0 saturated carbocycles. The molecule has 1 aromatic heterocycles. The molecule has 0 radical (unpaired) electrons. The van der Waals surface area contributed by atoms with E-state index in [1.807, 2.05) is 17.7 Å². The Kier molecular flexibility index (Phi) is 11.7. The first-order chi connectivity index (χ1) is 18.9. The van der Waals surface area contributed by atoms with Crippen LogP contribution in [0.15, 0.2) is 53.7 Å². The Morgan fingerprint density at radius 3 is 2.49 bits per heavy atom. The molecule has 0 aliphatic carbocycles. The van der Waals surface area contributed by atoms with Gasteiger partial charge in [-0.15, -0.1) is 10.2 Å². The van der Waals surface area contributed by atoms with Gasteiger partial charge in [0, 0.05) is 17.8 Å². The van der Waals surface area contributed by atoms with Crippen LogP contribution in [-0.4, -0.2) is 64.0 Å². The second-order valence-electron chi connectivity index (χ2n) is 8.26. The number of nitrogens with zero attached hydrogens (tertiary/aromatic N) is 3. The van der Waals surface area contributed by atoms with E-state index in [4.69, 9.17) is 9.47 Å². The van der Waals surface area contributed by atoms with Crippen LogP contribution < -0.4 is 15.4 Å². The number of aromatic nitrogens is 3. The molecule has 208 valence electrons. The van der Waals surface area contributed by atoms with Crippen molar-refractivity contribution >= 4 is 47.0 Å². The highest BCUT2D eigenvalue weighted by molar-refractivity contribution is 7.99. The number of methoxy groups -OCH3 is 1. The molecule has 1 atom stereocenters. The third kappa shape index (κ3) is 8.49. The summed E-state index contributed by atoms with van der Waals surface area (Å²) < 4.78 is 12.1. The Morgan fingerprint density at radius 2 is 1.82 bits per heavy atom. The molecular weight excluding hydrogens is 538 g/mol. The monoisotopic (exact) mass is 571 g/mol. The quantitative estimate of drug-likeness (QED) is 0.213. The highest BCUT2D eigenvalue weighted by Crippen LogP contribution is 2.24. The van der Waals surface area contributed by atoms with E-state index in [2.05, 4.69) is 20.8 Å². The lowest BCUT2D eigenvalue weighted by molar-refractivity contribution is -0.113. The zero-order chi connectivity index (χ0) is 28.2. The number of rotatable bonds is 14. The number of carbonyl (C=O) groups is 3. The van der Waals surface area contributed by atoms with Crippen LogP contribution in [0.2, 0.25) is 0 Å². The minimum absolute atomic E-state index is 0.0927. The van der Waals surface area contributed by atoms with Crippen molar-refractivity contribution in [1.29, 1.82) is 0 Å². The molecule has 0 bridgehead atoms. The fourth-order valence-corrected chi connectivity index (χ4v) is 4.99. The smallest absolute Gasteiger partial charge is 0.338 e. The summed E-state index contributed by atoms with van der Waals surface area (Å²) in [5.41, 5.74) is 1.39. The third-order valence-electron chi connectivity index (χ3n) is 5.63. The molecule has 10 nitrogen and oxygen atoms in total. The molecule has 3 rings (SSSR count).